The third-order valence-electron chi connectivity index (χ3n) is 3.04. The number of nitrogens with one attached hydrogen (secondary N) is 1. The van der Waals surface area contributed by atoms with Crippen molar-refractivity contribution in [1.29, 1.82) is 0 Å². The molecule has 1 atom stereocenters. The molecule has 1 aromatic heterocycles. The van der Waals surface area contributed by atoms with Crippen molar-refractivity contribution < 1.29 is 9.53 Å². The van der Waals surface area contributed by atoms with Gasteiger partial charge in [0.05, 0.1) is 18.8 Å². The van der Waals surface area contributed by atoms with Crippen LogP contribution in [0.5, 0.6) is 5.75 Å². The van der Waals surface area contributed by atoms with Crippen molar-refractivity contribution in [3.8, 4) is 5.75 Å². The van der Waals surface area contributed by atoms with E-state index in [4.69, 9.17) is 4.74 Å². The zero-order chi connectivity index (χ0) is 15.1. The van der Waals surface area contributed by atoms with Gasteiger partial charge in [0, 0.05) is 17.8 Å². The number of hydrogen-bond acceptors (Lipinski definition) is 3. The van der Waals surface area contributed by atoms with Crippen molar-refractivity contribution in [3.63, 3.8) is 0 Å². The number of pyridine rings is 1. The van der Waals surface area contributed by atoms with E-state index in [9.17, 15) is 4.79 Å². The maximum Gasteiger partial charge on any atom is 0.244 e. The molecule has 0 spiro atoms. The van der Waals surface area contributed by atoms with Crippen LogP contribution in [0, 0.1) is 0 Å². The molecule has 21 heavy (non-hydrogen) atoms. The number of methoxy groups -OCH3 is 1. The quantitative estimate of drug-likeness (QED) is 0.858. The van der Waals surface area contributed by atoms with Crippen LogP contribution in [0.4, 0.5) is 0 Å². The van der Waals surface area contributed by atoms with E-state index in [1.54, 1.807) is 19.4 Å². The molecule has 2 rings (SSSR count). The van der Waals surface area contributed by atoms with Gasteiger partial charge in [-0.2, -0.15) is 0 Å². The number of amides is 1. The van der Waals surface area contributed by atoms with Gasteiger partial charge in [0.15, 0.2) is 0 Å². The Balaban J connectivity index is 2.00. The molecule has 0 radical (unpaired) electrons. The summed E-state index contributed by atoms with van der Waals surface area (Å²) in [5.41, 5.74) is 1.69. The highest BCUT2D eigenvalue weighted by Crippen LogP contribution is 2.18. The molecule has 0 aliphatic carbocycles. The number of hydrogen-bond donors (Lipinski definition) is 1. The molecule has 108 valence electrons. The second kappa shape index (κ2) is 7.24. The lowest BCUT2D eigenvalue weighted by Crippen LogP contribution is -2.25. The summed E-state index contributed by atoms with van der Waals surface area (Å²) in [5.74, 6) is 0.568. The smallest absolute Gasteiger partial charge is 0.244 e. The van der Waals surface area contributed by atoms with Crippen molar-refractivity contribution >= 4 is 12.0 Å². The highest BCUT2D eigenvalue weighted by Gasteiger charge is 2.08. The highest BCUT2D eigenvalue weighted by molar-refractivity contribution is 5.92. The van der Waals surface area contributed by atoms with Gasteiger partial charge in [0.1, 0.15) is 5.75 Å². The molecule has 1 heterocycles. The Morgan fingerprint density at radius 1 is 1.24 bits per heavy atom. The van der Waals surface area contributed by atoms with Gasteiger partial charge in [-0.05, 0) is 31.2 Å². The van der Waals surface area contributed by atoms with Crippen molar-refractivity contribution in [2.45, 2.75) is 13.0 Å². The highest BCUT2D eigenvalue weighted by atomic mass is 16.5. The molecule has 1 aromatic carbocycles. The molecule has 1 amide bonds. The molecular weight excluding hydrogens is 264 g/mol. The van der Waals surface area contributed by atoms with Gasteiger partial charge in [-0.15, -0.1) is 0 Å². The standard InChI is InChI=1S/C17H18N2O2/c1-13(15-8-5-6-12-18-15)19-17(20)11-10-14-7-3-4-9-16(14)21-2/h3-13H,1-2H3,(H,19,20)/b11-10+. The Labute approximate surface area is 124 Å². The number of carbonyl (C=O) groups excluding carboxylic acids is 1. The van der Waals surface area contributed by atoms with Crippen LogP contribution in [0.2, 0.25) is 0 Å². The predicted molar refractivity (Wildman–Crippen MR) is 82.8 cm³/mol. The molecule has 4 heteroatoms. The van der Waals surface area contributed by atoms with Crippen LogP contribution in [-0.4, -0.2) is 18.0 Å². The number of ether oxygens (including phenoxy) is 1. The molecule has 0 aliphatic heterocycles. The maximum absolute atomic E-state index is 11.9. The lowest BCUT2D eigenvalue weighted by molar-refractivity contribution is -0.117. The van der Waals surface area contributed by atoms with E-state index in [1.165, 1.54) is 6.08 Å². The van der Waals surface area contributed by atoms with Crippen molar-refractivity contribution in [2.75, 3.05) is 7.11 Å². The lowest BCUT2D eigenvalue weighted by atomic mass is 10.2. The van der Waals surface area contributed by atoms with E-state index < -0.39 is 0 Å². The Bertz CT molecular complexity index is 624. The van der Waals surface area contributed by atoms with E-state index in [-0.39, 0.29) is 11.9 Å². The first kappa shape index (κ1) is 14.8. The van der Waals surface area contributed by atoms with Crippen LogP contribution < -0.4 is 10.1 Å². The maximum atomic E-state index is 11.9. The van der Waals surface area contributed by atoms with Gasteiger partial charge in [-0.1, -0.05) is 24.3 Å². The van der Waals surface area contributed by atoms with E-state index in [1.807, 2.05) is 49.4 Å². The first-order valence-electron chi connectivity index (χ1n) is 6.73. The average Bonchev–Trinajstić information content (AvgIpc) is 2.54. The Morgan fingerprint density at radius 2 is 2.00 bits per heavy atom. The largest absolute Gasteiger partial charge is 0.496 e. The van der Waals surface area contributed by atoms with Gasteiger partial charge in [0.2, 0.25) is 5.91 Å². The van der Waals surface area contributed by atoms with E-state index in [0.717, 1.165) is 17.0 Å². The molecule has 1 N–H and O–H groups in total. The number of para-hydroxylation sites is 1. The van der Waals surface area contributed by atoms with Crippen LogP contribution in [-0.2, 0) is 4.79 Å². The zero-order valence-electron chi connectivity index (χ0n) is 12.1. The summed E-state index contributed by atoms with van der Waals surface area (Å²) in [6.07, 6.45) is 4.94. The van der Waals surface area contributed by atoms with Crippen LogP contribution in [0.15, 0.2) is 54.7 Å². The minimum atomic E-state index is -0.168. The molecule has 0 aliphatic rings. The molecular formula is C17H18N2O2. The van der Waals surface area contributed by atoms with E-state index in [0.29, 0.717) is 0 Å². The van der Waals surface area contributed by atoms with Crippen LogP contribution >= 0.6 is 0 Å². The van der Waals surface area contributed by atoms with Gasteiger partial charge in [-0.3, -0.25) is 9.78 Å². The molecule has 1 unspecified atom stereocenters. The normalized spacial score (nSPS) is 12.1. The lowest BCUT2D eigenvalue weighted by Gasteiger charge is -2.11. The molecule has 4 nitrogen and oxygen atoms in total. The van der Waals surface area contributed by atoms with Gasteiger partial charge in [-0.25, -0.2) is 0 Å². The first-order chi connectivity index (χ1) is 10.2. The number of rotatable bonds is 5. The third kappa shape index (κ3) is 4.18. The van der Waals surface area contributed by atoms with Crippen LogP contribution in [0.3, 0.4) is 0 Å². The molecule has 0 bridgehead atoms. The summed E-state index contributed by atoms with van der Waals surface area (Å²) >= 11 is 0. The predicted octanol–water partition coefficient (Wildman–Crippen LogP) is 2.98. The van der Waals surface area contributed by atoms with E-state index >= 15 is 0 Å². The SMILES string of the molecule is COc1ccccc1/C=C/C(=O)NC(C)c1ccccn1. The third-order valence-corrected chi connectivity index (χ3v) is 3.04. The number of carbonyl (C=O) groups is 1. The second-order valence-corrected chi connectivity index (χ2v) is 4.56. The van der Waals surface area contributed by atoms with Crippen molar-refractivity contribution in [1.82, 2.24) is 10.3 Å². The minimum absolute atomic E-state index is 0.138. The molecule has 2 aromatic rings. The number of aromatic nitrogens is 1. The van der Waals surface area contributed by atoms with Gasteiger partial charge >= 0.3 is 0 Å². The fourth-order valence-corrected chi connectivity index (χ4v) is 1.94. The fourth-order valence-electron chi connectivity index (χ4n) is 1.94. The summed E-state index contributed by atoms with van der Waals surface area (Å²) < 4.78 is 5.24. The zero-order valence-corrected chi connectivity index (χ0v) is 12.1. The molecule has 0 saturated heterocycles. The van der Waals surface area contributed by atoms with Crippen LogP contribution in [0.25, 0.3) is 6.08 Å². The molecule has 0 saturated carbocycles. The van der Waals surface area contributed by atoms with E-state index in [2.05, 4.69) is 10.3 Å². The van der Waals surface area contributed by atoms with Crippen molar-refractivity contribution in [3.05, 3.63) is 66.0 Å². The summed E-state index contributed by atoms with van der Waals surface area (Å²) in [7, 11) is 1.61. The summed E-state index contributed by atoms with van der Waals surface area (Å²) in [4.78, 5) is 16.2. The minimum Gasteiger partial charge on any atom is -0.496 e. The second-order valence-electron chi connectivity index (χ2n) is 4.56. The average molecular weight is 282 g/mol. The topological polar surface area (TPSA) is 51.2 Å². The summed E-state index contributed by atoms with van der Waals surface area (Å²) in [6, 6.07) is 13.0. The summed E-state index contributed by atoms with van der Waals surface area (Å²) in [5, 5.41) is 2.87. The van der Waals surface area contributed by atoms with Crippen molar-refractivity contribution in [2.24, 2.45) is 0 Å². The fraction of sp³-hybridized carbons (Fsp3) is 0.176. The Morgan fingerprint density at radius 3 is 2.71 bits per heavy atom. The van der Waals surface area contributed by atoms with Gasteiger partial charge in [0.25, 0.3) is 0 Å². The number of nitrogens with zero attached hydrogens (tertiary/aromatic N) is 1. The monoisotopic (exact) mass is 282 g/mol. The first-order valence-corrected chi connectivity index (χ1v) is 6.73. The van der Waals surface area contributed by atoms with Crippen LogP contribution in [0.1, 0.15) is 24.2 Å². The Kier molecular flexibility index (Phi) is 5.10. The van der Waals surface area contributed by atoms with Gasteiger partial charge < -0.3 is 10.1 Å². The Hall–Kier alpha value is -2.62. The number of benzene rings is 1. The summed E-state index contributed by atoms with van der Waals surface area (Å²) in [6.45, 7) is 1.90. The molecule has 0 fully saturated rings.